The highest BCUT2D eigenvalue weighted by molar-refractivity contribution is 5.01. The summed E-state index contributed by atoms with van der Waals surface area (Å²) in [5.74, 6) is 0.782. The van der Waals surface area contributed by atoms with E-state index in [1.165, 1.54) is 18.5 Å². The van der Waals surface area contributed by atoms with Crippen molar-refractivity contribution in [2.24, 2.45) is 13.0 Å². The molecule has 0 radical (unpaired) electrons. The Labute approximate surface area is 92.9 Å². The Kier molecular flexibility index (Phi) is 4.82. The molecule has 1 aromatic rings. The molecular weight excluding hydrogens is 186 g/mol. The molecule has 1 atom stereocenters. The summed E-state index contributed by atoms with van der Waals surface area (Å²) in [4.78, 5) is 0. The molecule has 0 aromatic carbocycles. The fourth-order valence-electron chi connectivity index (χ4n) is 1.71. The van der Waals surface area contributed by atoms with E-state index < -0.39 is 0 Å². The van der Waals surface area contributed by atoms with Crippen molar-refractivity contribution in [3.8, 4) is 0 Å². The van der Waals surface area contributed by atoms with Gasteiger partial charge in [0.15, 0.2) is 0 Å². The molecule has 15 heavy (non-hydrogen) atoms. The van der Waals surface area contributed by atoms with Gasteiger partial charge in [0, 0.05) is 25.7 Å². The van der Waals surface area contributed by atoms with Crippen LogP contribution in [0.3, 0.4) is 0 Å². The first-order valence-electron chi connectivity index (χ1n) is 5.77. The predicted molar refractivity (Wildman–Crippen MR) is 63.8 cm³/mol. The van der Waals surface area contributed by atoms with E-state index in [4.69, 9.17) is 0 Å². The van der Waals surface area contributed by atoms with Crippen LogP contribution in [0.4, 0.5) is 0 Å². The van der Waals surface area contributed by atoms with Crippen LogP contribution in [-0.4, -0.2) is 22.9 Å². The Morgan fingerprint density at radius 2 is 2.13 bits per heavy atom. The van der Waals surface area contributed by atoms with E-state index in [2.05, 4.69) is 30.3 Å². The third-order valence-electron chi connectivity index (χ3n) is 2.73. The lowest BCUT2D eigenvalue weighted by Gasteiger charge is -2.15. The van der Waals surface area contributed by atoms with Crippen LogP contribution >= 0.6 is 0 Å². The van der Waals surface area contributed by atoms with Gasteiger partial charge in [-0.15, -0.1) is 0 Å². The van der Waals surface area contributed by atoms with Gasteiger partial charge in [-0.05, 0) is 31.9 Å². The molecule has 1 rings (SSSR count). The molecule has 0 spiro atoms. The van der Waals surface area contributed by atoms with Gasteiger partial charge in [-0.2, -0.15) is 5.10 Å². The van der Waals surface area contributed by atoms with E-state index in [1.807, 2.05) is 25.0 Å². The lowest BCUT2D eigenvalue weighted by atomic mass is 10.0. The molecule has 1 unspecified atom stereocenters. The highest BCUT2D eigenvalue weighted by Gasteiger charge is 2.09. The second kappa shape index (κ2) is 5.91. The van der Waals surface area contributed by atoms with E-state index in [0.29, 0.717) is 6.04 Å². The van der Waals surface area contributed by atoms with Gasteiger partial charge in [-0.25, -0.2) is 0 Å². The number of nitrogens with one attached hydrogen (secondary N) is 1. The topological polar surface area (TPSA) is 29.9 Å². The Morgan fingerprint density at radius 3 is 2.60 bits per heavy atom. The second-order valence-electron chi connectivity index (χ2n) is 4.64. The second-order valence-corrected chi connectivity index (χ2v) is 4.64. The molecule has 1 aromatic heterocycles. The van der Waals surface area contributed by atoms with Crippen molar-refractivity contribution in [3.05, 3.63) is 18.0 Å². The average molecular weight is 209 g/mol. The van der Waals surface area contributed by atoms with Gasteiger partial charge in [0.1, 0.15) is 0 Å². The Bertz CT molecular complexity index is 278. The number of rotatable bonds is 6. The van der Waals surface area contributed by atoms with Crippen molar-refractivity contribution < 1.29 is 0 Å². The van der Waals surface area contributed by atoms with Crippen molar-refractivity contribution in [2.45, 2.75) is 39.2 Å². The SMILES string of the molecule is CNC(CCC(C)C)Cc1ccn(C)n1. The van der Waals surface area contributed by atoms with Gasteiger partial charge in [0.2, 0.25) is 0 Å². The molecule has 3 heteroatoms. The molecule has 86 valence electrons. The van der Waals surface area contributed by atoms with Gasteiger partial charge in [0.25, 0.3) is 0 Å². The molecule has 0 bridgehead atoms. The minimum Gasteiger partial charge on any atom is -0.317 e. The van der Waals surface area contributed by atoms with Crippen LogP contribution in [0.5, 0.6) is 0 Å². The van der Waals surface area contributed by atoms with E-state index >= 15 is 0 Å². The number of aromatic nitrogens is 2. The number of nitrogens with zero attached hydrogens (tertiary/aromatic N) is 2. The lowest BCUT2D eigenvalue weighted by Crippen LogP contribution is -2.28. The molecule has 3 nitrogen and oxygen atoms in total. The summed E-state index contributed by atoms with van der Waals surface area (Å²) in [5.41, 5.74) is 1.18. The Hall–Kier alpha value is -0.830. The van der Waals surface area contributed by atoms with Gasteiger partial charge in [-0.3, -0.25) is 4.68 Å². The number of hydrogen-bond acceptors (Lipinski definition) is 2. The van der Waals surface area contributed by atoms with Gasteiger partial charge >= 0.3 is 0 Å². The summed E-state index contributed by atoms with van der Waals surface area (Å²) in [6.45, 7) is 4.54. The van der Waals surface area contributed by atoms with Crippen molar-refractivity contribution in [1.29, 1.82) is 0 Å². The molecule has 0 fully saturated rings. The van der Waals surface area contributed by atoms with E-state index in [0.717, 1.165) is 12.3 Å². The van der Waals surface area contributed by atoms with E-state index in [9.17, 15) is 0 Å². The van der Waals surface area contributed by atoms with Crippen LogP contribution in [0.25, 0.3) is 0 Å². The van der Waals surface area contributed by atoms with Crippen LogP contribution < -0.4 is 5.32 Å². The quantitative estimate of drug-likeness (QED) is 0.776. The normalized spacial score (nSPS) is 13.4. The summed E-state index contributed by atoms with van der Waals surface area (Å²) in [6.07, 6.45) is 5.54. The number of likely N-dealkylation sites (N-methyl/N-ethyl adjacent to an activating group) is 1. The third kappa shape index (κ3) is 4.47. The minimum atomic E-state index is 0.558. The van der Waals surface area contributed by atoms with Crippen LogP contribution in [0, 0.1) is 5.92 Å². The zero-order valence-electron chi connectivity index (χ0n) is 10.3. The Balaban J connectivity index is 2.39. The fourth-order valence-corrected chi connectivity index (χ4v) is 1.71. The van der Waals surface area contributed by atoms with Crippen LogP contribution in [0.2, 0.25) is 0 Å². The first kappa shape index (κ1) is 12.2. The summed E-state index contributed by atoms with van der Waals surface area (Å²) in [5, 5.41) is 7.77. The zero-order chi connectivity index (χ0) is 11.3. The third-order valence-corrected chi connectivity index (χ3v) is 2.73. The van der Waals surface area contributed by atoms with Crippen LogP contribution in [0.1, 0.15) is 32.4 Å². The molecule has 0 aliphatic carbocycles. The van der Waals surface area contributed by atoms with Gasteiger partial charge in [0.05, 0.1) is 5.69 Å². The zero-order valence-corrected chi connectivity index (χ0v) is 10.3. The van der Waals surface area contributed by atoms with E-state index in [1.54, 1.807) is 0 Å². The summed E-state index contributed by atoms with van der Waals surface area (Å²) >= 11 is 0. The first-order valence-corrected chi connectivity index (χ1v) is 5.77. The van der Waals surface area contributed by atoms with Crippen molar-refractivity contribution in [2.75, 3.05) is 7.05 Å². The number of aryl methyl sites for hydroxylation is 1. The molecule has 0 saturated heterocycles. The van der Waals surface area contributed by atoms with Gasteiger partial charge in [-0.1, -0.05) is 13.8 Å². The van der Waals surface area contributed by atoms with Crippen molar-refractivity contribution in [1.82, 2.24) is 15.1 Å². The van der Waals surface area contributed by atoms with Crippen LogP contribution in [-0.2, 0) is 13.5 Å². The number of hydrogen-bond donors (Lipinski definition) is 1. The maximum absolute atomic E-state index is 4.40. The molecule has 0 amide bonds. The first-order chi connectivity index (χ1) is 7.11. The molecule has 0 aliphatic heterocycles. The van der Waals surface area contributed by atoms with Crippen molar-refractivity contribution in [3.63, 3.8) is 0 Å². The summed E-state index contributed by atoms with van der Waals surface area (Å²) in [7, 11) is 4.00. The van der Waals surface area contributed by atoms with Crippen LogP contribution in [0.15, 0.2) is 12.3 Å². The maximum atomic E-state index is 4.40. The molecular formula is C12H23N3. The van der Waals surface area contributed by atoms with Gasteiger partial charge < -0.3 is 5.32 Å². The monoisotopic (exact) mass is 209 g/mol. The maximum Gasteiger partial charge on any atom is 0.0639 e. The average Bonchev–Trinajstić information content (AvgIpc) is 2.58. The lowest BCUT2D eigenvalue weighted by molar-refractivity contribution is 0.447. The predicted octanol–water partition coefficient (Wildman–Crippen LogP) is 1.99. The van der Waals surface area contributed by atoms with E-state index in [-0.39, 0.29) is 0 Å². The molecule has 1 N–H and O–H groups in total. The highest BCUT2D eigenvalue weighted by Crippen LogP contribution is 2.10. The minimum absolute atomic E-state index is 0.558. The summed E-state index contributed by atoms with van der Waals surface area (Å²) in [6, 6.07) is 2.65. The largest absolute Gasteiger partial charge is 0.317 e. The smallest absolute Gasteiger partial charge is 0.0639 e. The van der Waals surface area contributed by atoms with Crippen molar-refractivity contribution >= 4 is 0 Å². The Morgan fingerprint density at radius 1 is 1.40 bits per heavy atom. The molecule has 0 aliphatic rings. The summed E-state index contributed by atoms with van der Waals surface area (Å²) < 4.78 is 1.87. The molecule has 1 heterocycles. The highest BCUT2D eigenvalue weighted by atomic mass is 15.2. The fraction of sp³-hybridized carbons (Fsp3) is 0.750. The molecule has 0 saturated carbocycles. The standard InChI is InChI=1S/C12H23N3/c1-10(2)5-6-11(13-3)9-12-7-8-15(4)14-12/h7-8,10-11,13H,5-6,9H2,1-4H3.